The van der Waals surface area contributed by atoms with Gasteiger partial charge in [0.25, 0.3) is 18.3 Å². The first-order valence-electron chi connectivity index (χ1n) is 14.5. The molecule has 2 aromatic heterocycles. The third-order valence-corrected chi connectivity index (χ3v) is 7.18. The van der Waals surface area contributed by atoms with Crippen LogP contribution in [0.5, 0.6) is 5.75 Å². The summed E-state index contributed by atoms with van der Waals surface area (Å²) in [6.07, 6.45) is -2.71. The van der Waals surface area contributed by atoms with Crippen molar-refractivity contribution in [2.75, 3.05) is 56.8 Å². The van der Waals surface area contributed by atoms with E-state index in [0.29, 0.717) is 28.4 Å². The van der Waals surface area contributed by atoms with Gasteiger partial charge in [-0.2, -0.15) is 13.2 Å². The van der Waals surface area contributed by atoms with E-state index in [1.54, 1.807) is 31.2 Å². The van der Waals surface area contributed by atoms with Gasteiger partial charge in [-0.1, -0.05) is 12.5 Å². The number of carbonyl (C=O) groups excluding carboxylic acids is 2. The normalized spacial score (nSPS) is 13.3. The molecule has 0 aliphatic carbocycles. The van der Waals surface area contributed by atoms with Gasteiger partial charge in [-0.3, -0.25) is 18.8 Å². The summed E-state index contributed by atoms with van der Waals surface area (Å²) in [6, 6.07) is 6.60. The number of carbonyl (C=O) groups is 3. The van der Waals surface area contributed by atoms with E-state index >= 15 is 0 Å². The number of methoxy groups -OCH3 is 1. The van der Waals surface area contributed by atoms with Gasteiger partial charge in [0.15, 0.2) is 5.65 Å². The van der Waals surface area contributed by atoms with Crippen molar-refractivity contribution in [1.29, 1.82) is 0 Å². The number of benzene rings is 1. The van der Waals surface area contributed by atoms with E-state index in [0.717, 1.165) is 25.9 Å². The van der Waals surface area contributed by atoms with Gasteiger partial charge >= 0.3 is 6.18 Å². The average Bonchev–Trinajstić information content (AvgIpc) is 3.35. The predicted octanol–water partition coefficient (Wildman–Crippen LogP) is 3.99. The number of amides is 2. The quantitative estimate of drug-likeness (QED) is 0.131. The Balaban J connectivity index is 0.00000192. The summed E-state index contributed by atoms with van der Waals surface area (Å²) in [4.78, 5) is 39.5. The zero-order chi connectivity index (χ0) is 34.7. The van der Waals surface area contributed by atoms with Crippen molar-refractivity contribution in [2.45, 2.75) is 38.4 Å². The first-order valence-corrected chi connectivity index (χ1v) is 14.5. The van der Waals surface area contributed by atoms with Crippen molar-refractivity contribution in [2.24, 2.45) is 0 Å². The van der Waals surface area contributed by atoms with Crippen molar-refractivity contribution in [1.82, 2.24) is 19.6 Å². The van der Waals surface area contributed by atoms with Gasteiger partial charge in [0.1, 0.15) is 11.4 Å². The van der Waals surface area contributed by atoms with E-state index in [1.807, 2.05) is 7.05 Å². The third kappa shape index (κ3) is 10.1. The topological polar surface area (TPSA) is 149 Å². The first kappa shape index (κ1) is 36.2. The lowest BCUT2D eigenvalue weighted by atomic mass is 10.1. The molecular weight excluding hydrogens is 619 g/mol. The fraction of sp³-hybridized carbons (Fsp3) is 0.375. The number of ether oxygens (including phenoxy) is 1. The van der Waals surface area contributed by atoms with Crippen LogP contribution < -0.4 is 26.0 Å². The number of fused-ring (bicyclic) bond motifs is 1. The lowest BCUT2D eigenvalue weighted by Crippen LogP contribution is -2.36. The summed E-state index contributed by atoms with van der Waals surface area (Å²) in [6.45, 7) is 6.75. The molecule has 0 unspecified atom stereocenters. The maximum absolute atomic E-state index is 13.8. The van der Waals surface area contributed by atoms with E-state index in [-0.39, 0.29) is 47.6 Å². The van der Waals surface area contributed by atoms with Crippen molar-refractivity contribution in [3.05, 3.63) is 59.6 Å². The van der Waals surface area contributed by atoms with Gasteiger partial charge in [-0.15, -0.1) is 0 Å². The van der Waals surface area contributed by atoms with Crippen LogP contribution in [0.25, 0.3) is 5.65 Å². The molecule has 12 nitrogen and oxygen atoms in total. The Labute approximate surface area is 270 Å². The highest BCUT2D eigenvalue weighted by Crippen LogP contribution is 2.31. The molecule has 1 saturated heterocycles. The minimum atomic E-state index is -4.54. The number of pyridine rings is 1. The number of nitrogens with one attached hydrogen (secondary N) is 4. The lowest BCUT2D eigenvalue weighted by Gasteiger charge is -2.30. The van der Waals surface area contributed by atoms with Crippen LogP contribution in [0.15, 0.2) is 42.6 Å². The van der Waals surface area contributed by atoms with Crippen molar-refractivity contribution < 1.29 is 37.4 Å². The number of likely N-dealkylation sites (tertiary alicyclic amines) is 1. The van der Waals surface area contributed by atoms with Crippen LogP contribution in [-0.4, -0.2) is 90.7 Å². The van der Waals surface area contributed by atoms with E-state index < -0.39 is 18.5 Å². The number of nitrogens with zero attached hydrogens (tertiary/aromatic N) is 3. The summed E-state index contributed by atoms with van der Waals surface area (Å²) in [5.41, 5.74) is 2.12. The molecule has 0 atom stereocenters. The highest BCUT2D eigenvalue weighted by atomic mass is 19.4. The molecule has 0 radical (unpaired) electrons. The maximum atomic E-state index is 13.8. The van der Waals surface area contributed by atoms with Gasteiger partial charge in [0.05, 0.1) is 42.8 Å². The summed E-state index contributed by atoms with van der Waals surface area (Å²) in [7, 11) is 5.02. The molecule has 1 aliphatic rings. The Kier molecular flexibility index (Phi) is 12.6. The molecule has 3 aromatic rings. The molecule has 2 amide bonds. The molecular formula is C32H38F3N7O5. The Hall–Kier alpha value is -5.23. The number of aromatic nitrogens is 2. The third-order valence-electron chi connectivity index (χ3n) is 7.18. The minimum Gasteiger partial charge on any atom is -0.495 e. The van der Waals surface area contributed by atoms with Gasteiger partial charge in [0, 0.05) is 30.4 Å². The molecule has 252 valence electrons. The average molecular weight is 658 g/mol. The van der Waals surface area contributed by atoms with E-state index in [2.05, 4.69) is 49.6 Å². The molecule has 3 heterocycles. The Morgan fingerprint density at radius 3 is 2.49 bits per heavy atom. The largest absolute Gasteiger partial charge is 0.495 e. The van der Waals surface area contributed by atoms with Gasteiger partial charge in [-0.05, 0) is 70.1 Å². The summed E-state index contributed by atoms with van der Waals surface area (Å²) >= 11 is 0. The number of halogens is 3. The van der Waals surface area contributed by atoms with Crippen LogP contribution in [0.1, 0.15) is 41.5 Å². The van der Waals surface area contributed by atoms with Crippen LogP contribution >= 0.6 is 0 Å². The van der Waals surface area contributed by atoms with Crippen molar-refractivity contribution >= 4 is 41.0 Å². The number of imidazole rings is 1. The van der Waals surface area contributed by atoms with Crippen LogP contribution in [0, 0.1) is 11.8 Å². The number of anilines is 3. The van der Waals surface area contributed by atoms with E-state index in [1.165, 1.54) is 24.8 Å². The smallest absolute Gasteiger partial charge is 0.394 e. The van der Waals surface area contributed by atoms with Crippen molar-refractivity contribution in [3.8, 4) is 17.6 Å². The second-order valence-electron chi connectivity index (χ2n) is 10.7. The number of hydrogen-bond acceptors (Lipinski definition) is 8. The number of carboxylic acid groups (broad SMARTS) is 1. The number of piperidine rings is 1. The molecule has 15 heteroatoms. The van der Waals surface area contributed by atoms with E-state index in [4.69, 9.17) is 14.6 Å². The minimum absolute atomic E-state index is 0.0270. The SMILES string of the molecule is C=C(C)C(=O)Nc1cc(NC2CCN(C)CC2)c2nc(C#CCNc3ccc(C(=O)NC)cc3OC)c(CC(F)(F)F)n2c1.O=CO. The second-order valence-corrected chi connectivity index (χ2v) is 10.7. The maximum Gasteiger partial charge on any atom is 0.394 e. The number of hydrogen-bond donors (Lipinski definition) is 5. The number of rotatable bonds is 9. The fourth-order valence-electron chi connectivity index (χ4n) is 4.83. The highest BCUT2D eigenvalue weighted by Gasteiger charge is 2.32. The second kappa shape index (κ2) is 16.4. The van der Waals surface area contributed by atoms with Gasteiger partial charge in [-0.25, -0.2) is 4.98 Å². The molecule has 1 fully saturated rings. The molecule has 4 rings (SSSR count). The summed E-state index contributed by atoms with van der Waals surface area (Å²) in [5.74, 6) is 5.35. The Morgan fingerprint density at radius 2 is 1.89 bits per heavy atom. The first-order chi connectivity index (χ1) is 22.3. The molecule has 0 saturated carbocycles. The van der Waals surface area contributed by atoms with Crippen LogP contribution in [0.4, 0.5) is 30.2 Å². The molecule has 1 aromatic carbocycles. The van der Waals surface area contributed by atoms with Crippen LogP contribution in [-0.2, 0) is 16.0 Å². The standard InChI is InChI=1S/C31H36F3N7O3.CH2O2/c1-19(2)29(42)38-22-16-25(37-21-10-13-40(4)14-11-21)28-39-23(26(41(28)18-22)17-31(32,33)34)7-6-12-36-24-9-8-20(30(43)35-3)15-27(24)44-5;2-1-3/h8-9,15-16,18,21,36-37H,1,10-14,17H2,2-5H3,(H,35,43)(H,38,42);1H,(H,2,3). The molecule has 0 bridgehead atoms. The predicted molar refractivity (Wildman–Crippen MR) is 173 cm³/mol. The zero-order valence-electron chi connectivity index (χ0n) is 26.5. The highest BCUT2D eigenvalue weighted by molar-refractivity contribution is 6.03. The Bertz CT molecular complexity index is 1670. The van der Waals surface area contributed by atoms with Gasteiger partial charge in [0.2, 0.25) is 0 Å². The molecule has 5 N–H and O–H groups in total. The summed E-state index contributed by atoms with van der Waals surface area (Å²) in [5, 5.41) is 18.7. The monoisotopic (exact) mass is 657 g/mol. The Morgan fingerprint density at radius 1 is 1.21 bits per heavy atom. The summed E-state index contributed by atoms with van der Waals surface area (Å²) < 4.78 is 48.2. The number of alkyl halides is 3. The van der Waals surface area contributed by atoms with Crippen molar-refractivity contribution in [3.63, 3.8) is 0 Å². The molecule has 47 heavy (non-hydrogen) atoms. The van der Waals surface area contributed by atoms with Crippen LogP contribution in [0.3, 0.4) is 0 Å². The van der Waals surface area contributed by atoms with Crippen LogP contribution in [0.2, 0.25) is 0 Å². The fourth-order valence-corrected chi connectivity index (χ4v) is 4.83. The van der Waals surface area contributed by atoms with E-state index in [9.17, 15) is 22.8 Å². The lowest BCUT2D eigenvalue weighted by molar-refractivity contribution is -0.128. The molecule has 1 aliphatic heterocycles. The molecule has 0 spiro atoms. The zero-order valence-corrected chi connectivity index (χ0v) is 26.5. The van der Waals surface area contributed by atoms with Gasteiger partial charge < -0.3 is 36.0 Å².